The van der Waals surface area contributed by atoms with E-state index in [-0.39, 0.29) is 5.91 Å². The second-order valence-electron chi connectivity index (χ2n) is 6.24. The number of carbonyl (C=O) groups excluding carboxylic acids is 1. The van der Waals surface area contributed by atoms with Crippen LogP contribution in [0.1, 0.15) is 24.8 Å². The number of methoxy groups -OCH3 is 1. The van der Waals surface area contributed by atoms with Crippen LogP contribution in [0.5, 0.6) is 5.75 Å². The lowest BCUT2D eigenvalue weighted by Crippen LogP contribution is -2.41. The van der Waals surface area contributed by atoms with Crippen LogP contribution < -0.4 is 15.4 Å². The predicted molar refractivity (Wildman–Crippen MR) is 92.5 cm³/mol. The summed E-state index contributed by atoms with van der Waals surface area (Å²) < 4.78 is 5.13. The molecule has 0 spiro atoms. The van der Waals surface area contributed by atoms with Crippen molar-refractivity contribution in [2.24, 2.45) is 5.92 Å². The third kappa shape index (κ3) is 6.20. The van der Waals surface area contributed by atoms with Crippen LogP contribution in [-0.2, 0) is 11.3 Å². The van der Waals surface area contributed by atoms with Crippen molar-refractivity contribution in [2.45, 2.75) is 25.8 Å². The number of carbonyl (C=O) groups is 1. The molecular formula is C18H29N3O2. The third-order valence-electron chi connectivity index (χ3n) is 4.53. The van der Waals surface area contributed by atoms with Crippen LogP contribution in [0.15, 0.2) is 24.3 Å². The molecule has 5 heteroatoms. The van der Waals surface area contributed by atoms with Gasteiger partial charge < -0.3 is 15.4 Å². The van der Waals surface area contributed by atoms with Gasteiger partial charge in [0.25, 0.3) is 0 Å². The first kappa shape index (κ1) is 17.8. The van der Waals surface area contributed by atoms with E-state index in [0.717, 1.165) is 36.9 Å². The molecule has 2 N–H and O–H groups in total. The molecule has 0 bridgehead atoms. The molecule has 1 heterocycles. The minimum atomic E-state index is 0.106. The molecular weight excluding hydrogens is 290 g/mol. The van der Waals surface area contributed by atoms with Crippen LogP contribution in [0.2, 0.25) is 0 Å². The summed E-state index contributed by atoms with van der Waals surface area (Å²) in [4.78, 5) is 14.3. The maximum atomic E-state index is 12.1. The topological polar surface area (TPSA) is 53.6 Å². The number of rotatable bonds is 8. The predicted octanol–water partition coefficient (Wildman–Crippen LogP) is 1.63. The molecule has 0 atom stereocenters. The zero-order valence-electron chi connectivity index (χ0n) is 14.3. The molecule has 23 heavy (non-hydrogen) atoms. The molecule has 1 aromatic carbocycles. The average Bonchev–Trinajstić information content (AvgIpc) is 2.60. The van der Waals surface area contributed by atoms with Gasteiger partial charge in [-0.1, -0.05) is 12.1 Å². The molecule has 1 saturated heterocycles. The fourth-order valence-electron chi connectivity index (χ4n) is 2.98. The highest BCUT2D eigenvalue weighted by Gasteiger charge is 2.20. The fraction of sp³-hybridized carbons (Fsp3) is 0.611. The van der Waals surface area contributed by atoms with Gasteiger partial charge in [-0.2, -0.15) is 0 Å². The van der Waals surface area contributed by atoms with Gasteiger partial charge >= 0.3 is 0 Å². The first-order valence-corrected chi connectivity index (χ1v) is 8.48. The van der Waals surface area contributed by atoms with Gasteiger partial charge in [0, 0.05) is 6.54 Å². The van der Waals surface area contributed by atoms with Crippen LogP contribution in [0, 0.1) is 5.92 Å². The Morgan fingerprint density at radius 2 is 1.96 bits per heavy atom. The van der Waals surface area contributed by atoms with Gasteiger partial charge in [-0.15, -0.1) is 0 Å². The number of amides is 1. The fourth-order valence-corrected chi connectivity index (χ4v) is 2.98. The van der Waals surface area contributed by atoms with E-state index in [9.17, 15) is 4.79 Å². The van der Waals surface area contributed by atoms with Crippen molar-refractivity contribution >= 4 is 5.91 Å². The number of hydrogen-bond acceptors (Lipinski definition) is 4. The Morgan fingerprint density at radius 1 is 1.26 bits per heavy atom. The molecule has 1 aliphatic heterocycles. The molecule has 0 saturated carbocycles. The number of ether oxygens (including phenoxy) is 1. The van der Waals surface area contributed by atoms with E-state index in [0.29, 0.717) is 13.1 Å². The van der Waals surface area contributed by atoms with Crippen molar-refractivity contribution in [3.63, 3.8) is 0 Å². The number of piperidine rings is 1. The summed E-state index contributed by atoms with van der Waals surface area (Å²) >= 11 is 0. The molecule has 1 aliphatic rings. The highest BCUT2D eigenvalue weighted by atomic mass is 16.5. The minimum Gasteiger partial charge on any atom is -0.497 e. The van der Waals surface area contributed by atoms with Crippen molar-refractivity contribution in [3.8, 4) is 5.75 Å². The summed E-state index contributed by atoms with van der Waals surface area (Å²) in [5, 5.41) is 6.21. The van der Waals surface area contributed by atoms with E-state index >= 15 is 0 Å². The zero-order valence-corrected chi connectivity index (χ0v) is 14.3. The molecule has 0 radical (unpaired) electrons. The largest absolute Gasteiger partial charge is 0.497 e. The molecule has 0 aliphatic carbocycles. The van der Waals surface area contributed by atoms with Crippen molar-refractivity contribution in [2.75, 3.05) is 40.3 Å². The highest BCUT2D eigenvalue weighted by molar-refractivity contribution is 5.78. The lowest BCUT2D eigenvalue weighted by atomic mass is 9.93. The van der Waals surface area contributed by atoms with Gasteiger partial charge in [-0.25, -0.2) is 0 Å². The van der Waals surface area contributed by atoms with Gasteiger partial charge in [-0.3, -0.25) is 9.69 Å². The van der Waals surface area contributed by atoms with Gasteiger partial charge in [-0.05, 0) is 69.6 Å². The molecule has 1 fully saturated rings. The standard InChI is InChI=1S/C18H29N3O2/c1-19-10-7-15-8-11-21(12-9-15)14-18(22)20-13-16-3-5-17(23-2)6-4-16/h3-6,15,19H,7-14H2,1-2H3,(H,20,22). The minimum absolute atomic E-state index is 0.106. The number of benzene rings is 1. The Hall–Kier alpha value is -1.59. The average molecular weight is 319 g/mol. The second-order valence-corrected chi connectivity index (χ2v) is 6.24. The molecule has 128 valence electrons. The smallest absolute Gasteiger partial charge is 0.234 e. The van der Waals surface area contributed by atoms with Gasteiger partial charge in [0.2, 0.25) is 5.91 Å². The summed E-state index contributed by atoms with van der Waals surface area (Å²) in [5.74, 6) is 1.75. The SMILES string of the molecule is CNCCC1CCN(CC(=O)NCc2ccc(OC)cc2)CC1. The summed E-state index contributed by atoms with van der Waals surface area (Å²) in [7, 11) is 3.65. The van der Waals surface area contributed by atoms with E-state index < -0.39 is 0 Å². The Labute approximate surface area is 139 Å². The molecule has 2 rings (SSSR count). The maximum absolute atomic E-state index is 12.1. The van der Waals surface area contributed by atoms with Crippen molar-refractivity contribution in [1.29, 1.82) is 0 Å². The zero-order chi connectivity index (χ0) is 16.5. The molecule has 0 unspecified atom stereocenters. The Bertz CT molecular complexity index is 468. The molecule has 1 amide bonds. The molecule has 5 nitrogen and oxygen atoms in total. The van der Waals surface area contributed by atoms with E-state index in [1.54, 1.807) is 7.11 Å². The van der Waals surface area contributed by atoms with Gasteiger partial charge in [0.1, 0.15) is 5.75 Å². The lowest BCUT2D eigenvalue weighted by Gasteiger charge is -2.31. The summed E-state index contributed by atoms with van der Waals surface area (Å²) in [5.41, 5.74) is 1.09. The first-order chi connectivity index (χ1) is 11.2. The number of nitrogens with one attached hydrogen (secondary N) is 2. The van der Waals surface area contributed by atoms with Crippen LogP contribution in [0.3, 0.4) is 0 Å². The lowest BCUT2D eigenvalue weighted by molar-refractivity contribution is -0.122. The van der Waals surface area contributed by atoms with Gasteiger partial charge in [0.05, 0.1) is 13.7 Å². The molecule has 0 aromatic heterocycles. The third-order valence-corrected chi connectivity index (χ3v) is 4.53. The monoisotopic (exact) mass is 319 g/mol. The summed E-state index contributed by atoms with van der Waals surface area (Å²) in [6.45, 7) is 4.23. The quantitative estimate of drug-likeness (QED) is 0.765. The highest BCUT2D eigenvalue weighted by Crippen LogP contribution is 2.19. The van der Waals surface area contributed by atoms with E-state index in [2.05, 4.69) is 15.5 Å². The van der Waals surface area contributed by atoms with Crippen LogP contribution in [0.4, 0.5) is 0 Å². The number of likely N-dealkylation sites (tertiary alicyclic amines) is 1. The van der Waals surface area contributed by atoms with Crippen molar-refractivity contribution < 1.29 is 9.53 Å². The number of nitrogens with zero attached hydrogens (tertiary/aromatic N) is 1. The molecule has 1 aromatic rings. The van der Waals surface area contributed by atoms with Crippen LogP contribution in [-0.4, -0.2) is 51.1 Å². The first-order valence-electron chi connectivity index (χ1n) is 8.48. The Balaban J connectivity index is 1.65. The maximum Gasteiger partial charge on any atom is 0.234 e. The van der Waals surface area contributed by atoms with E-state index in [1.807, 2.05) is 31.3 Å². The Kier molecular flexibility index (Phi) is 7.36. The van der Waals surface area contributed by atoms with Crippen molar-refractivity contribution in [3.05, 3.63) is 29.8 Å². The number of hydrogen-bond donors (Lipinski definition) is 2. The Morgan fingerprint density at radius 3 is 2.57 bits per heavy atom. The van der Waals surface area contributed by atoms with Gasteiger partial charge in [0.15, 0.2) is 0 Å². The summed E-state index contributed by atoms with van der Waals surface area (Å²) in [6, 6.07) is 7.79. The second kappa shape index (κ2) is 9.53. The summed E-state index contributed by atoms with van der Waals surface area (Å²) in [6.07, 6.45) is 3.65. The van der Waals surface area contributed by atoms with Crippen LogP contribution >= 0.6 is 0 Å². The van der Waals surface area contributed by atoms with Crippen molar-refractivity contribution in [1.82, 2.24) is 15.5 Å². The normalized spacial score (nSPS) is 16.3. The van der Waals surface area contributed by atoms with Crippen LogP contribution in [0.25, 0.3) is 0 Å². The van der Waals surface area contributed by atoms with E-state index in [4.69, 9.17) is 4.74 Å². The van der Waals surface area contributed by atoms with E-state index in [1.165, 1.54) is 19.3 Å².